The van der Waals surface area contributed by atoms with Crippen molar-refractivity contribution in [1.82, 2.24) is 10.6 Å². The van der Waals surface area contributed by atoms with Crippen molar-refractivity contribution in [3.05, 3.63) is 57.6 Å². The molecular weight excluding hydrogens is 801 g/mol. The second-order valence-electron chi connectivity index (χ2n) is 17.6. The number of piperidine rings is 2. The number of azo groups is 2. The predicted molar refractivity (Wildman–Crippen MR) is 234 cm³/mol. The van der Waals surface area contributed by atoms with Crippen LogP contribution in [0.2, 0.25) is 0 Å². The van der Waals surface area contributed by atoms with E-state index in [0.717, 1.165) is 125 Å². The lowest BCUT2D eigenvalue weighted by atomic mass is 9.76. The molecule has 8 rings (SSSR count). The summed E-state index contributed by atoms with van der Waals surface area (Å²) in [5.74, 6) is 3.30. The normalized spacial score (nSPS) is 25.5. The van der Waals surface area contributed by atoms with Gasteiger partial charge in [-0.15, -0.1) is 10.2 Å². The van der Waals surface area contributed by atoms with Gasteiger partial charge in [0.25, 0.3) is 0 Å². The van der Waals surface area contributed by atoms with Crippen LogP contribution in [0.1, 0.15) is 122 Å². The number of hydrogen-bond donors (Lipinski definition) is 6. The Bertz CT molecular complexity index is 2010. The van der Waals surface area contributed by atoms with Gasteiger partial charge in [0.1, 0.15) is 0 Å². The zero-order valence-corrected chi connectivity index (χ0v) is 36.4. The molecule has 0 atom stereocenters. The highest BCUT2D eigenvalue weighted by atomic mass is 32.2. The van der Waals surface area contributed by atoms with Crippen LogP contribution in [0, 0.1) is 23.7 Å². The highest BCUT2D eigenvalue weighted by Crippen LogP contribution is 2.42. The number of hydrogen-bond acceptors (Lipinski definition) is 14. The highest BCUT2D eigenvalue weighted by Gasteiger charge is 2.34. The lowest BCUT2D eigenvalue weighted by Crippen LogP contribution is -2.29. The number of nitrogens with zero attached hydrogens (tertiary/aromatic N) is 6. The first-order valence-electron chi connectivity index (χ1n) is 22.0. The van der Waals surface area contributed by atoms with Gasteiger partial charge in [-0.2, -0.15) is 10.2 Å². The summed E-state index contributed by atoms with van der Waals surface area (Å²) in [5.41, 5.74) is 16.4. The Hall–Kier alpha value is -3.36. The number of aliphatic imine (C=N–C) groups is 2. The molecule has 328 valence electrons. The second kappa shape index (κ2) is 20.2. The van der Waals surface area contributed by atoms with Crippen molar-refractivity contribution in [2.75, 3.05) is 52.6 Å². The van der Waals surface area contributed by atoms with E-state index in [-0.39, 0.29) is 35.0 Å². The third-order valence-corrected chi connectivity index (χ3v) is 15.7. The summed E-state index contributed by atoms with van der Waals surface area (Å²) in [6, 6.07) is 8.12. The molecule has 18 heteroatoms. The molecule has 0 amide bonds. The maximum Gasteiger partial charge on any atom is 0.239 e. The number of rotatable bonds is 12. The third-order valence-electron chi connectivity index (χ3n) is 13.6. The Morgan fingerprint density at radius 3 is 1.18 bits per heavy atom. The topological polar surface area (TPSA) is 271 Å². The molecule has 2 aromatic rings. The van der Waals surface area contributed by atoms with Crippen LogP contribution in [0.3, 0.4) is 0 Å². The first-order valence-corrected chi connectivity index (χ1v) is 25.1. The fourth-order valence-electron chi connectivity index (χ4n) is 10.3. The number of sulfonamides is 2. The Morgan fingerprint density at radius 2 is 0.883 bits per heavy atom. The van der Waals surface area contributed by atoms with Crippen LogP contribution in [0.15, 0.2) is 64.5 Å². The van der Waals surface area contributed by atoms with E-state index in [1.807, 2.05) is 12.1 Å². The van der Waals surface area contributed by atoms with E-state index in [0.29, 0.717) is 72.4 Å². The molecule has 4 heterocycles. The van der Waals surface area contributed by atoms with E-state index < -0.39 is 20.0 Å². The average molecular weight is 865 g/mol. The average Bonchev–Trinajstić information content (AvgIpc) is 4.00. The molecule has 10 N–H and O–H groups in total. The van der Waals surface area contributed by atoms with E-state index in [1.165, 1.54) is 0 Å². The fourth-order valence-corrected chi connectivity index (χ4v) is 12.3. The van der Waals surface area contributed by atoms with Gasteiger partial charge >= 0.3 is 0 Å². The van der Waals surface area contributed by atoms with Gasteiger partial charge in [-0.25, -0.2) is 37.1 Å². The quantitative estimate of drug-likeness (QED) is 0.176. The summed E-state index contributed by atoms with van der Waals surface area (Å²) in [4.78, 5) is 9.19. The summed E-state index contributed by atoms with van der Waals surface area (Å²) in [7, 11) is -7.89. The maximum absolute atomic E-state index is 12.8. The summed E-state index contributed by atoms with van der Waals surface area (Å²) in [6.07, 6.45) is 13.7. The predicted octanol–water partition coefficient (Wildman–Crippen LogP) is 4.56. The van der Waals surface area contributed by atoms with Crippen molar-refractivity contribution in [3.63, 3.8) is 0 Å². The summed E-state index contributed by atoms with van der Waals surface area (Å²) in [6.45, 7) is 5.74. The van der Waals surface area contributed by atoms with Crippen LogP contribution in [0.5, 0.6) is 0 Å². The van der Waals surface area contributed by atoms with Gasteiger partial charge in [0.05, 0.1) is 9.79 Å². The van der Waals surface area contributed by atoms with Gasteiger partial charge < -0.3 is 22.1 Å². The minimum atomic E-state index is -3.95. The van der Waals surface area contributed by atoms with E-state index >= 15 is 0 Å². The van der Waals surface area contributed by atoms with Gasteiger partial charge in [0.2, 0.25) is 20.0 Å². The van der Waals surface area contributed by atoms with Crippen molar-refractivity contribution < 1.29 is 16.8 Å². The van der Waals surface area contributed by atoms with E-state index in [9.17, 15) is 16.8 Å². The molecule has 60 heavy (non-hydrogen) atoms. The van der Waals surface area contributed by atoms with Gasteiger partial charge in [0.15, 0.2) is 25.0 Å². The van der Waals surface area contributed by atoms with Gasteiger partial charge in [-0.3, -0.25) is 0 Å². The van der Waals surface area contributed by atoms with E-state index in [2.05, 4.69) is 53.2 Å². The molecule has 4 aliphatic heterocycles. The van der Waals surface area contributed by atoms with E-state index in [4.69, 9.17) is 21.7 Å². The smallest absolute Gasteiger partial charge is 0.239 e. The summed E-state index contributed by atoms with van der Waals surface area (Å²) in [5, 5.41) is 34.6. The lowest BCUT2D eigenvalue weighted by Gasteiger charge is -2.30. The van der Waals surface area contributed by atoms with Gasteiger partial charge in [0, 0.05) is 11.1 Å². The molecule has 2 saturated heterocycles. The summed E-state index contributed by atoms with van der Waals surface area (Å²) < 4.78 is 51.3. The Kier molecular flexibility index (Phi) is 15.1. The Balaban J connectivity index is 0.000000181. The van der Waals surface area contributed by atoms with Crippen LogP contribution < -0.4 is 32.4 Å². The third kappa shape index (κ3) is 10.8. The van der Waals surface area contributed by atoms with Crippen molar-refractivity contribution in [2.24, 2.45) is 75.9 Å². The molecule has 0 aromatic heterocycles. The van der Waals surface area contributed by atoms with Crippen molar-refractivity contribution in [1.29, 1.82) is 0 Å². The molecule has 2 aromatic carbocycles. The number of amidine groups is 2. The van der Waals surface area contributed by atoms with Crippen LogP contribution in [-0.4, -0.2) is 81.1 Å². The van der Waals surface area contributed by atoms with Crippen LogP contribution in [0.25, 0.3) is 0 Å². The van der Waals surface area contributed by atoms with Crippen LogP contribution in [0.4, 0.5) is 0 Å². The molecule has 2 saturated carbocycles. The maximum atomic E-state index is 12.8. The summed E-state index contributed by atoms with van der Waals surface area (Å²) >= 11 is 0. The molecular formula is C42H64N12O4S2. The SMILES string of the molecule is NCC1CCC(c2ccc(CC3CCNCC3)c(S(N)(=O)=O)c2C2=NCN=N2)CC1.NCC1CCC(c2ccc(CC3CCNCC3)c(S(N)(=O)=O)c2C2=NCN=N2)CC1. The standard InChI is InChI=1S/2C21H32N6O2S/c2*22-12-15-1-3-16(4-2-15)18-6-5-17(11-14-7-9-24-10-8-14)20(30(23,28)29)19(18)21-25-13-26-27-21/h2*5-6,14-16,24H,1-4,7-13,22H2,(H2,23,28,29). The molecule has 0 unspecified atom stereocenters. The molecule has 0 bridgehead atoms. The number of nitrogens with one attached hydrogen (secondary N) is 2. The van der Waals surface area contributed by atoms with Crippen molar-refractivity contribution in [3.8, 4) is 0 Å². The van der Waals surface area contributed by atoms with Crippen molar-refractivity contribution >= 4 is 31.7 Å². The number of nitrogens with two attached hydrogens (primary N) is 4. The molecule has 2 aliphatic carbocycles. The van der Waals surface area contributed by atoms with Gasteiger partial charge in [-0.1, -0.05) is 24.3 Å². The minimum absolute atomic E-state index is 0.207. The zero-order chi connectivity index (χ0) is 42.3. The van der Waals surface area contributed by atoms with E-state index in [1.54, 1.807) is 0 Å². The fraction of sp³-hybridized carbons (Fsp3) is 0.667. The van der Waals surface area contributed by atoms with Gasteiger partial charge in [-0.05, 0) is 187 Å². The number of primary sulfonamides is 2. The first-order chi connectivity index (χ1) is 28.9. The zero-order valence-electron chi connectivity index (χ0n) is 34.8. The first kappa shape index (κ1) is 44.7. The largest absolute Gasteiger partial charge is 0.330 e. The molecule has 4 fully saturated rings. The highest BCUT2D eigenvalue weighted by molar-refractivity contribution is 7.89. The van der Waals surface area contributed by atoms with Crippen LogP contribution >= 0.6 is 0 Å². The monoisotopic (exact) mass is 864 g/mol. The molecule has 6 aliphatic rings. The molecule has 0 radical (unpaired) electrons. The Morgan fingerprint density at radius 1 is 0.517 bits per heavy atom. The molecule has 0 spiro atoms. The Labute approximate surface area is 355 Å². The van der Waals surface area contributed by atoms with Crippen LogP contribution in [-0.2, 0) is 32.9 Å². The van der Waals surface area contributed by atoms with Crippen molar-refractivity contribution in [2.45, 2.75) is 112 Å². The second-order valence-corrected chi connectivity index (χ2v) is 20.6. The lowest BCUT2D eigenvalue weighted by molar-refractivity contribution is 0.332. The minimum Gasteiger partial charge on any atom is -0.330 e. The molecule has 16 nitrogen and oxygen atoms in total. The number of benzene rings is 2.